The number of benzene rings is 7. The molecule has 1 aliphatic carbocycles. The van der Waals surface area contributed by atoms with Gasteiger partial charge in [0.1, 0.15) is 0 Å². The van der Waals surface area contributed by atoms with Crippen LogP contribution < -0.4 is 0 Å². The quantitative estimate of drug-likeness (QED) is 0.223. The lowest BCUT2D eigenvalue weighted by Gasteiger charge is -2.20. The molecule has 0 heterocycles. The Morgan fingerprint density at radius 1 is 0.350 bits per heavy atom. The van der Waals surface area contributed by atoms with E-state index in [1.165, 1.54) is 77.2 Å². The van der Waals surface area contributed by atoms with Gasteiger partial charge in [0.2, 0.25) is 0 Å². The van der Waals surface area contributed by atoms with Crippen LogP contribution in [0.5, 0.6) is 0 Å². The highest BCUT2D eigenvalue weighted by atomic mass is 14.3. The van der Waals surface area contributed by atoms with Gasteiger partial charge in [0.15, 0.2) is 0 Å². The van der Waals surface area contributed by atoms with Gasteiger partial charge in [0.25, 0.3) is 0 Å². The second kappa shape index (κ2) is 8.93. The van der Waals surface area contributed by atoms with Gasteiger partial charge in [-0.1, -0.05) is 152 Å². The zero-order valence-corrected chi connectivity index (χ0v) is 22.1. The lowest BCUT2D eigenvalue weighted by Crippen LogP contribution is -1.93. The minimum absolute atomic E-state index is 1.13. The predicted molar refractivity (Wildman–Crippen MR) is 172 cm³/mol. The summed E-state index contributed by atoms with van der Waals surface area (Å²) in [4.78, 5) is 0. The Bertz CT molecular complexity index is 1990. The van der Waals surface area contributed by atoms with Crippen molar-refractivity contribution >= 4 is 27.6 Å². The zero-order chi connectivity index (χ0) is 26.6. The van der Waals surface area contributed by atoms with E-state index < -0.39 is 0 Å². The summed E-state index contributed by atoms with van der Waals surface area (Å²) in [6.07, 6.45) is 1.90. The van der Waals surface area contributed by atoms with E-state index in [2.05, 4.69) is 146 Å². The molecule has 0 fully saturated rings. The first-order chi connectivity index (χ1) is 19.8. The lowest BCUT2D eigenvalue weighted by atomic mass is 9.82. The van der Waals surface area contributed by atoms with Gasteiger partial charge in [-0.3, -0.25) is 0 Å². The van der Waals surface area contributed by atoms with Crippen molar-refractivity contribution in [3.05, 3.63) is 152 Å². The number of rotatable bonds is 4. The van der Waals surface area contributed by atoms with Crippen molar-refractivity contribution in [2.45, 2.75) is 0 Å². The summed E-state index contributed by atoms with van der Waals surface area (Å²) >= 11 is 0. The summed E-state index contributed by atoms with van der Waals surface area (Å²) in [6, 6.07) is 50.9. The first-order valence-electron chi connectivity index (χ1n) is 13.8. The fraction of sp³-hybridized carbons (Fsp3) is 0. The van der Waals surface area contributed by atoms with E-state index in [1.807, 2.05) is 6.08 Å². The normalized spacial score (nSPS) is 11.6. The zero-order valence-electron chi connectivity index (χ0n) is 22.1. The van der Waals surface area contributed by atoms with Gasteiger partial charge < -0.3 is 0 Å². The molecule has 0 unspecified atom stereocenters. The molecule has 7 aromatic carbocycles. The van der Waals surface area contributed by atoms with Crippen LogP contribution in [0.25, 0.3) is 83.3 Å². The molecule has 1 aliphatic rings. The maximum Gasteiger partial charge on any atom is -0.000741 e. The summed E-state index contributed by atoms with van der Waals surface area (Å²) in [5.74, 6) is 0. The van der Waals surface area contributed by atoms with Crippen LogP contribution in [-0.2, 0) is 0 Å². The summed E-state index contributed by atoms with van der Waals surface area (Å²) in [6.45, 7) is 3.93. The van der Waals surface area contributed by atoms with Gasteiger partial charge in [0, 0.05) is 0 Å². The predicted octanol–water partition coefficient (Wildman–Crippen LogP) is 11.3. The van der Waals surface area contributed by atoms with Crippen LogP contribution in [-0.4, -0.2) is 0 Å². The third-order valence-electron chi connectivity index (χ3n) is 8.38. The maximum atomic E-state index is 3.93. The van der Waals surface area contributed by atoms with E-state index >= 15 is 0 Å². The molecule has 0 aliphatic heterocycles. The molecule has 0 atom stereocenters. The van der Waals surface area contributed by atoms with Crippen molar-refractivity contribution in [3.63, 3.8) is 0 Å². The van der Waals surface area contributed by atoms with E-state index in [9.17, 15) is 0 Å². The van der Waals surface area contributed by atoms with Gasteiger partial charge in [-0.05, 0) is 82.7 Å². The van der Waals surface area contributed by atoms with Crippen LogP contribution in [0.3, 0.4) is 0 Å². The van der Waals surface area contributed by atoms with Gasteiger partial charge in [-0.25, -0.2) is 0 Å². The van der Waals surface area contributed by atoms with E-state index in [1.54, 1.807) is 0 Å². The van der Waals surface area contributed by atoms with Gasteiger partial charge in [-0.2, -0.15) is 0 Å². The highest BCUT2D eigenvalue weighted by Gasteiger charge is 2.30. The van der Waals surface area contributed by atoms with Crippen molar-refractivity contribution in [3.8, 4) is 55.6 Å². The Hall–Kier alpha value is -5.20. The first-order valence-corrected chi connectivity index (χ1v) is 13.8. The molecule has 0 aromatic heterocycles. The van der Waals surface area contributed by atoms with Gasteiger partial charge >= 0.3 is 0 Å². The summed E-state index contributed by atoms with van der Waals surface area (Å²) in [5, 5.41) is 5.21. The van der Waals surface area contributed by atoms with Crippen LogP contribution in [0.4, 0.5) is 0 Å². The fourth-order valence-electron chi connectivity index (χ4n) is 6.66. The Kier molecular flexibility index (Phi) is 5.08. The molecule has 0 radical (unpaired) electrons. The van der Waals surface area contributed by atoms with Crippen LogP contribution in [0.2, 0.25) is 0 Å². The topological polar surface area (TPSA) is 0 Å². The average Bonchev–Trinajstić information content (AvgIpc) is 3.36. The molecule has 0 amide bonds. The molecule has 0 saturated heterocycles. The second-order valence-electron chi connectivity index (χ2n) is 10.5. The second-order valence-corrected chi connectivity index (χ2v) is 10.5. The van der Waals surface area contributed by atoms with Crippen molar-refractivity contribution in [2.75, 3.05) is 0 Å². The summed E-state index contributed by atoms with van der Waals surface area (Å²) < 4.78 is 0. The standard InChI is InChI=1S/C40H26/c1-2-26-20-22-27(23-21-26)30-24-25-35-38-31(30)18-11-19-34(38)39-36(28-12-5-3-6-13-28)32-16-9-10-17-33(32)37(40(35)39)29-14-7-4-8-15-29/h2-25H,1H2. The number of hydrogen-bond acceptors (Lipinski definition) is 0. The van der Waals surface area contributed by atoms with Crippen molar-refractivity contribution < 1.29 is 0 Å². The maximum absolute atomic E-state index is 3.93. The molecule has 0 bridgehead atoms. The average molecular weight is 507 g/mol. The Labute approximate surface area is 234 Å². The molecule has 186 valence electrons. The largest absolute Gasteiger partial charge is 0.0985 e. The summed E-state index contributed by atoms with van der Waals surface area (Å²) in [7, 11) is 0. The van der Waals surface area contributed by atoms with Gasteiger partial charge in [0.05, 0.1) is 0 Å². The van der Waals surface area contributed by atoms with Crippen molar-refractivity contribution in [2.24, 2.45) is 0 Å². The van der Waals surface area contributed by atoms with Crippen LogP contribution in [0.1, 0.15) is 5.56 Å². The molecule has 0 spiro atoms. The molecule has 8 rings (SSSR count). The molecule has 0 saturated carbocycles. The number of fused-ring (bicyclic) bond motifs is 4. The Morgan fingerprint density at radius 3 is 1.43 bits per heavy atom. The third kappa shape index (κ3) is 3.26. The highest BCUT2D eigenvalue weighted by Crippen LogP contribution is 2.58. The van der Waals surface area contributed by atoms with Crippen LogP contribution >= 0.6 is 0 Å². The van der Waals surface area contributed by atoms with Crippen LogP contribution in [0.15, 0.2) is 146 Å². The highest BCUT2D eigenvalue weighted by molar-refractivity contribution is 6.28. The molecular formula is C40H26. The Balaban J connectivity index is 1.54. The van der Waals surface area contributed by atoms with Crippen molar-refractivity contribution in [1.29, 1.82) is 0 Å². The molecule has 0 N–H and O–H groups in total. The molecule has 0 heteroatoms. The van der Waals surface area contributed by atoms with Crippen LogP contribution in [0, 0.1) is 0 Å². The summed E-state index contributed by atoms with van der Waals surface area (Å²) in [5.41, 5.74) is 14.0. The monoisotopic (exact) mass is 506 g/mol. The fourth-order valence-corrected chi connectivity index (χ4v) is 6.66. The minimum Gasteiger partial charge on any atom is -0.0985 e. The van der Waals surface area contributed by atoms with E-state index in [0.29, 0.717) is 0 Å². The SMILES string of the molecule is C=Cc1ccc(-c2ccc3c4c(cccc24)-c2c-3c(-c3ccccc3)c3ccccc3c2-c2ccccc2)cc1. The number of hydrogen-bond donors (Lipinski definition) is 0. The molecule has 0 nitrogen and oxygen atoms in total. The van der Waals surface area contributed by atoms with Crippen molar-refractivity contribution in [1.82, 2.24) is 0 Å². The Morgan fingerprint density at radius 2 is 0.850 bits per heavy atom. The van der Waals surface area contributed by atoms with E-state index in [4.69, 9.17) is 0 Å². The molecule has 40 heavy (non-hydrogen) atoms. The van der Waals surface area contributed by atoms with E-state index in [0.717, 1.165) is 5.56 Å². The third-order valence-corrected chi connectivity index (χ3v) is 8.38. The molecule has 7 aromatic rings. The van der Waals surface area contributed by atoms with E-state index in [-0.39, 0.29) is 0 Å². The smallest absolute Gasteiger partial charge is 0.000741 e. The lowest BCUT2D eigenvalue weighted by molar-refractivity contribution is 1.62. The molecular weight excluding hydrogens is 480 g/mol. The first kappa shape index (κ1) is 22.8. The minimum atomic E-state index is 1.13. The van der Waals surface area contributed by atoms with Gasteiger partial charge in [-0.15, -0.1) is 0 Å².